The second-order valence-electron chi connectivity index (χ2n) is 7.10. The van der Waals surface area contributed by atoms with Crippen molar-refractivity contribution in [1.29, 1.82) is 0 Å². The van der Waals surface area contributed by atoms with E-state index in [1.165, 1.54) is 0 Å². The minimum Gasteiger partial charge on any atom is -0.486 e. The normalized spacial score (nSPS) is 27.7. The summed E-state index contributed by atoms with van der Waals surface area (Å²) in [7, 11) is 0. The van der Waals surface area contributed by atoms with Crippen LogP contribution in [-0.2, 0) is 20.9 Å². The van der Waals surface area contributed by atoms with Gasteiger partial charge in [0.15, 0.2) is 11.5 Å². The number of halogens is 1. The van der Waals surface area contributed by atoms with Gasteiger partial charge in [-0.05, 0) is 43.4 Å². The minimum atomic E-state index is -0.213. The maximum atomic E-state index is 12.5. The summed E-state index contributed by atoms with van der Waals surface area (Å²) < 4.78 is 16.5. The molecule has 134 valence electrons. The van der Waals surface area contributed by atoms with E-state index in [9.17, 15) is 9.59 Å². The van der Waals surface area contributed by atoms with Gasteiger partial charge >= 0.3 is 5.97 Å². The topological polar surface area (TPSA) is 61.8 Å². The van der Waals surface area contributed by atoms with E-state index in [0.29, 0.717) is 48.4 Å². The number of benzene rings is 1. The molecule has 0 radical (unpaired) electrons. The monoisotopic (exact) mass is 364 g/mol. The molecule has 1 unspecified atom stereocenters. The molecule has 0 spiro atoms. The summed E-state index contributed by atoms with van der Waals surface area (Å²) >= 11 is 6.21. The maximum Gasteiger partial charge on any atom is 0.309 e. The number of esters is 1. The fraction of sp³-hybridized carbons (Fsp3) is 0.579. The van der Waals surface area contributed by atoms with Crippen molar-refractivity contribution in [2.75, 3.05) is 13.2 Å². The largest absolute Gasteiger partial charge is 0.486 e. The van der Waals surface area contributed by atoms with Gasteiger partial charge in [-0.15, -0.1) is 0 Å². The molecule has 5 nitrogen and oxygen atoms in total. The molecule has 1 aromatic rings. The van der Waals surface area contributed by atoms with Crippen molar-refractivity contribution in [3.05, 3.63) is 22.7 Å². The first-order chi connectivity index (χ1) is 12.1. The Hall–Kier alpha value is -1.75. The highest BCUT2D eigenvalue weighted by atomic mass is 35.5. The van der Waals surface area contributed by atoms with Crippen LogP contribution in [0.4, 0.5) is 0 Å². The Labute approximate surface area is 151 Å². The van der Waals surface area contributed by atoms with Gasteiger partial charge in [0.25, 0.3) is 0 Å². The van der Waals surface area contributed by atoms with Gasteiger partial charge in [0, 0.05) is 11.8 Å². The summed E-state index contributed by atoms with van der Waals surface area (Å²) in [6.45, 7) is 1.10. The molecule has 1 aromatic carbocycles. The lowest BCUT2D eigenvalue weighted by molar-refractivity contribution is -0.154. The van der Waals surface area contributed by atoms with Gasteiger partial charge in [0.1, 0.15) is 25.6 Å². The van der Waals surface area contributed by atoms with E-state index in [1.54, 1.807) is 12.1 Å². The summed E-state index contributed by atoms with van der Waals surface area (Å²) in [5.74, 6) is 1.21. The predicted molar refractivity (Wildman–Crippen MR) is 90.8 cm³/mol. The van der Waals surface area contributed by atoms with Gasteiger partial charge in [0.2, 0.25) is 0 Å². The van der Waals surface area contributed by atoms with Gasteiger partial charge < -0.3 is 14.2 Å². The van der Waals surface area contributed by atoms with Crippen LogP contribution >= 0.6 is 11.6 Å². The van der Waals surface area contributed by atoms with Gasteiger partial charge in [-0.1, -0.05) is 18.0 Å². The molecule has 2 saturated carbocycles. The zero-order valence-electron chi connectivity index (χ0n) is 14.0. The molecule has 1 heterocycles. The number of ether oxygens (including phenoxy) is 3. The minimum absolute atomic E-state index is 0.0498. The molecule has 1 aliphatic heterocycles. The Morgan fingerprint density at radius 2 is 1.88 bits per heavy atom. The first-order valence-corrected chi connectivity index (χ1v) is 9.28. The van der Waals surface area contributed by atoms with Crippen molar-refractivity contribution >= 4 is 23.4 Å². The second-order valence-corrected chi connectivity index (χ2v) is 7.51. The third-order valence-electron chi connectivity index (χ3n) is 5.42. The lowest BCUT2D eigenvalue weighted by atomic mass is 9.67. The summed E-state index contributed by atoms with van der Waals surface area (Å²) in [5.41, 5.74) is 0.773. The maximum absolute atomic E-state index is 12.5. The summed E-state index contributed by atoms with van der Waals surface area (Å²) in [6, 6.07) is 3.54. The molecule has 2 bridgehead atoms. The summed E-state index contributed by atoms with van der Waals surface area (Å²) in [5, 5.41) is 0.459. The number of Topliss-reactive ketones (excluding diaryl/α,β-unsaturated/α-hetero) is 1. The van der Waals surface area contributed by atoms with Crippen molar-refractivity contribution < 1.29 is 23.8 Å². The van der Waals surface area contributed by atoms with E-state index in [-0.39, 0.29) is 30.3 Å². The van der Waals surface area contributed by atoms with E-state index >= 15 is 0 Å². The number of carbonyl (C=O) groups excluding carboxylic acids is 2. The van der Waals surface area contributed by atoms with Crippen molar-refractivity contribution in [1.82, 2.24) is 0 Å². The van der Waals surface area contributed by atoms with Crippen LogP contribution in [0.15, 0.2) is 12.1 Å². The van der Waals surface area contributed by atoms with E-state index < -0.39 is 0 Å². The number of hydrogen-bond donors (Lipinski definition) is 0. The van der Waals surface area contributed by atoms with Crippen molar-refractivity contribution in [2.45, 2.75) is 38.7 Å². The van der Waals surface area contributed by atoms with Gasteiger partial charge in [0.05, 0.1) is 10.9 Å². The molecular formula is C19H21ClO5. The molecule has 3 aliphatic rings. The highest BCUT2D eigenvalue weighted by Gasteiger charge is 2.41. The Morgan fingerprint density at radius 3 is 2.64 bits per heavy atom. The molecule has 0 N–H and O–H groups in total. The van der Waals surface area contributed by atoms with Gasteiger partial charge in [-0.2, -0.15) is 0 Å². The molecule has 0 amide bonds. The summed E-state index contributed by atoms with van der Waals surface area (Å²) in [4.78, 5) is 24.6. The molecular weight excluding hydrogens is 344 g/mol. The molecule has 2 fully saturated rings. The fourth-order valence-electron chi connectivity index (χ4n) is 4.19. The van der Waals surface area contributed by atoms with Crippen LogP contribution < -0.4 is 9.47 Å². The Morgan fingerprint density at radius 1 is 1.16 bits per heavy atom. The average molecular weight is 365 g/mol. The predicted octanol–water partition coefficient (Wildman–Crippen LogP) is 3.55. The first-order valence-electron chi connectivity index (χ1n) is 8.90. The Kier molecular flexibility index (Phi) is 4.59. The fourth-order valence-corrected chi connectivity index (χ4v) is 4.48. The SMILES string of the molecule is O=C(OCc1cc(Cl)c2c(c1)OCCO2)C1C[C@H]2CCC[C@@H](C1)C2=O. The summed E-state index contributed by atoms with van der Waals surface area (Å²) in [6.07, 6.45) is 4.19. The van der Waals surface area contributed by atoms with E-state index in [2.05, 4.69) is 0 Å². The zero-order valence-corrected chi connectivity index (χ0v) is 14.7. The van der Waals surface area contributed by atoms with Crippen LogP contribution in [-0.4, -0.2) is 25.0 Å². The Bertz CT molecular complexity index is 685. The number of ketones is 1. The highest BCUT2D eigenvalue weighted by molar-refractivity contribution is 6.32. The van der Waals surface area contributed by atoms with Crippen LogP contribution in [0.2, 0.25) is 5.02 Å². The van der Waals surface area contributed by atoms with Gasteiger partial charge in [-0.3, -0.25) is 9.59 Å². The third kappa shape index (κ3) is 3.34. The lowest BCUT2D eigenvalue weighted by Gasteiger charge is -2.36. The number of rotatable bonds is 3. The van der Waals surface area contributed by atoms with Crippen LogP contribution in [0.3, 0.4) is 0 Å². The highest BCUT2D eigenvalue weighted by Crippen LogP contribution is 2.41. The van der Waals surface area contributed by atoms with Crippen molar-refractivity contribution in [3.8, 4) is 11.5 Å². The van der Waals surface area contributed by atoms with E-state index in [0.717, 1.165) is 24.8 Å². The average Bonchev–Trinajstić information content (AvgIpc) is 2.59. The number of fused-ring (bicyclic) bond motifs is 3. The second kappa shape index (κ2) is 6.87. The van der Waals surface area contributed by atoms with Crippen LogP contribution in [0.5, 0.6) is 11.5 Å². The molecule has 3 atom stereocenters. The standard InChI is InChI=1S/C19H21ClO5/c20-15-6-11(7-16-18(15)24-5-4-23-16)10-25-19(22)14-8-12-2-1-3-13(9-14)17(12)21/h6-7,12-14H,1-5,8-10H2/t12-,13+,14?. The van der Waals surface area contributed by atoms with Crippen LogP contribution in [0.25, 0.3) is 0 Å². The number of hydrogen-bond acceptors (Lipinski definition) is 5. The Balaban J connectivity index is 1.39. The molecule has 0 aromatic heterocycles. The van der Waals surface area contributed by atoms with Crippen LogP contribution in [0.1, 0.15) is 37.7 Å². The third-order valence-corrected chi connectivity index (χ3v) is 5.70. The smallest absolute Gasteiger partial charge is 0.309 e. The molecule has 4 rings (SSSR count). The quantitative estimate of drug-likeness (QED) is 0.767. The van der Waals surface area contributed by atoms with Crippen molar-refractivity contribution in [2.24, 2.45) is 17.8 Å². The molecule has 2 aliphatic carbocycles. The molecule has 0 saturated heterocycles. The van der Waals surface area contributed by atoms with Crippen LogP contribution in [0, 0.1) is 17.8 Å². The first kappa shape index (κ1) is 16.7. The lowest BCUT2D eigenvalue weighted by Crippen LogP contribution is -2.39. The molecule has 25 heavy (non-hydrogen) atoms. The van der Waals surface area contributed by atoms with Gasteiger partial charge in [-0.25, -0.2) is 0 Å². The van der Waals surface area contributed by atoms with E-state index in [4.69, 9.17) is 25.8 Å². The van der Waals surface area contributed by atoms with Crippen molar-refractivity contribution in [3.63, 3.8) is 0 Å². The number of carbonyl (C=O) groups is 2. The molecule has 6 heteroatoms. The van der Waals surface area contributed by atoms with E-state index in [1.807, 2.05) is 0 Å². The zero-order chi connectivity index (χ0) is 17.4.